The van der Waals surface area contributed by atoms with Gasteiger partial charge in [-0.25, -0.2) is 0 Å². The Morgan fingerprint density at radius 1 is 0.446 bits per heavy atom. The Kier molecular flexibility index (Phi) is 9.56. The molecule has 4 aromatic carbocycles. The van der Waals surface area contributed by atoms with E-state index in [1.54, 1.807) is 59.1 Å². The molecule has 8 aromatic rings. The van der Waals surface area contributed by atoms with Gasteiger partial charge < -0.3 is 0 Å². The monoisotopic (exact) mass is 902 g/mol. The summed E-state index contributed by atoms with van der Waals surface area (Å²) in [5.41, 5.74) is 7.54. The molecule has 0 aliphatic heterocycles. The van der Waals surface area contributed by atoms with Crippen LogP contribution in [0.5, 0.6) is 0 Å². The van der Waals surface area contributed by atoms with Crippen LogP contribution in [0.2, 0.25) is 0 Å². The molecule has 6 nitrogen and oxygen atoms in total. The molecule has 0 atom stereocenters. The Bertz CT molecular complexity index is 3630. The highest BCUT2D eigenvalue weighted by atomic mass is 32.1. The van der Waals surface area contributed by atoms with E-state index in [2.05, 4.69) is 72.8 Å². The largest absolute Gasteiger partial charge is 0.289 e. The van der Waals surface area contributed by atoms with Crippen LogP contribution in [-0.2, 0) is 5.41 Å². The molecule has 3 aliphatic rings. The molecule has 0 saturated heterocycles. The lowest BCUT2D eigenvalue weighted by Gasteiger charge is -2.32. The summed E-state index contributed by atoms with van der Waals surface area (Å²) in [6.45, 7) is 0. The number of rotatable bonds is 4. The fraction of sp³-hybridized carbons (Fsp3) is 0.0182. The van der Waals surface area contributed by atoms with Crippen molar-refractivity contribution in [3.63, 3.8) is 0 Å². The maximum absolute atomic E-state index is 13.8. The van der Waals surface area contributed by atoms with Gasteiger partial charge in [0.05, 0.1) is 15.2 Å². The molecule has 0 spiro atoms. The third kappa shape index (κ3) is 6.06. The first kappa shape index (κ1) is 39.8. The number of nitriles is 4. The molecule has 0 fully saturated rings. The second-order valence-corrected chi connectivity index (χ2v) is 19.8. The SMILES string of the molecule is N#CC(C#N)=C1/C(=c2/cc/c(=C\c3cc4c(s3)-c3sc(/C=c5\cc/c(=C6\C(=O)c7ccccc7C6=C(C#N)C#N)s5)cc3C4(c3ccccc3)c3ccccc3)s2)C(=O)c2ccccc21. The number of fused-ring (bicyclic) bond motifs is 5. The number of benzene rings is 4. The summed E-state index contributed by atoms with van der Waals surface area (Å²) in [6.07, 6.45) is 4.29. The molecular weight excluding hydrogens is 877 g/mol. The van der Waals surface area contributed by atoms with Crippen molar-refractivity contribution < 1.29 is 9.59 Å². The van der Waals surface area contributed by atoms with Gasteiger partial charge in [-0.2, -0.15) is 21.0 Å². The van der Waals surface area contributed by atoms with E-state index >= 15 is 0 Å². The Morgan fingerprint density at radius 2 is 0.815 bits per heavy atom. The van der Waals surface area contributed by atoms with Crippen LogP contribution in [0, 0.1) is 45.3 Å². The lowest BCUT2D eigenvalue weighted by Crippen LogP contribution is -2.27. The van der Waals surface area contributed by atoms with Crippen LogP contribution in [0.15, 0.2) is 157 Å². The molecule has 302 valence electrons. The molecule has 3 aliphatic carbocycles. The number of carbonyl (C=O) groups excluding carboxylic acids is 2. The van der Waals surface area contributed by atoms with Crippen molar-refractivity contribution in [2.45, 2.75) is 5.41 Å². The van der Waals surface area contributed by atoms with Crippen LogP contribution < -0.4 is 18.1 Å². The van der Waals surface area contributed by atoms with Gasteiger partial charge in [0.1, 0.15) is 35.4 Å². The molecule has 10 heteroatoms. The lowest BCUT2D eigenvalue weighted by molar-refractivity contribution is 0.105. The quantitative estimate of drug-likeness (QED) is 0.162. The number of hydrogen-bond donors (Lipinski definition) is 0. The number of Topliss-reactive ketones (excluding diaryl/α,β-unsaturated/α-hetero) is 2. The zero-order valence-corrected chi connectivity index (χ0v) is 37.0. The molecule has 65 heavy (non-hydrogen) atoms. The van der Waals surface area contributed by atoms with Crippen molar-refractivity contribution in [3.05, 3.63) is 229 Å². The van der Waals surface area contributed by atoms with E-state index in [4.69, 9.17) is 0 Å². The number of thiophene rings is 4. The summed E-state index contributed by atoms with van der Waals surface area (Å²) >= 11 is 6.36. The van der Waals surface area contributed by atoms with Gasteiger partial charge >= 0.3 is 0 Å². The molecule has 11 rings (SSSR count). The Hall–Kier alpha value is -8.06. The van der Waals surface area contributed by atoms with Gasteiger partial charge in [0, 0.05) is 61.3 Å². The topological polar surface area (TPSA) is 129 Å². The molecule has 0 bridgehead atoms. The zero-order valence-electron chi connectivity index (χ0n) is 33.7. The molecule has 0 saturated carbocycles. The van der Waals surface area contributed by atoms with Crippen molar-refractivity contribution in [3.8, 4) is 34.0 Å². The van der Waals surface area contributed by atoms with E-state index in [1.165, 1.54) is 43.6 Å². The first-order valence-corrected chi connectivity index (χ1v) is 23.6. The first-order valence-electron chi connectivity index (χ1n) is 20.3. The normalized spacial score (nSPS) is 16.3. The van der Waals surface area contributed by atoms with Gasteiger partial charge in [-0.05, 0) is 81.9 Å². The van der Waals surface area contributed by atoms with Gasteiger partial charge in [-0.1, -0.05) is 109 Å². The minimum absolute atomic E-state index is 0.0853. The van der Waals surface area contributed by atoms with Crippen LogP contribution in [0.25, 0.3) is 44.2 Å². The molecule has 0 amide bonds. The molecular formula is C55H26N4O2S4. The van der Waals surface area contributed by atoms with Gasteiger partial charge in [0.15, 0.2) is 11.6 Å². The second-order valence-electron chi connectivity index (χ2n) is 15.4. The smallest absolute Gasteiger partial charge is 0.195 e. The minimum atomic E-state index is -0.634. The maximum Gasteiger partial charge on any atom is 0.195 e. The first-order chi connectivity index (χ1) is 31.9. The fourth-order valence-electron chi connectivity index (χ4n) is 9.40. The minimum Gasteiger partial charge on any atom is -0.289 e. The Morgan fingerprint density at radius 3 is 1.20 bits per heavy atom. The van der Waals surface area contributed by atoms with Crippen molar-refractivity contribution in [2.24, 2.45) is 0 Å². The maximum atomic E-state index is 13.8. The van der Waals surface area contributed by atoms with E-state index in [9.17, 15) is 30.6 Å². The standard InChI is InChI=1S/C55H26N4O2S4/c56-27-31(28-57)47-39-15-7-9-17-41(39)51(60)49(47)45-21-19-35(62-45)23-37-25-43-53(64-37)54-44(55(43,33-11-3-1-4-12-33)34-13-5-2-6-14-34)26-38(65-54)24-36-20-22-46(63-36)50-48(32(29-58)30-59)40-16-8-10-18-42(40)52(50)61/h1-26H/b35-23+,36-24+,49-45+,50-46+. The summed E-state index contributed by atoms with van der Waals surface area (Å²) < 4.78 is 3.26. The van der Waals surface area contributed by atoms with Crippen molar-refractivity contribution in [1.82, 2.24) is 0 Å². The number of ketones is 2. The summed E-state index contributed by atoms with van der Waals surface area (Å²) in [5.74, 6) is -0.390. The highest BCUT2D eigenvalue weighted by molar-refractivity contribution is 7.23. The van der Waals surface area contributed by atoms with Gasteiger partial charge in [0.25, 0.3) is 0 Å². The molecule has 4 aromatic heterocycles. The summed E-state index contributed by atoms with van der Waals surface area (Å²) in [7, 11) is 0. The number of hydrogen-bond acceptors (Lipinski definition) is 10. The van der Waals surface area contributed by atoms with Crippen LogP contribution in [0.3, 0.4) is 0 Å². The van der Waals surface area contributed by atoms with Crippen molar-refractivity contribution in [1.29, 1.82) is 21.0 Å². The number of nitrogens with zero attached hydrogens (tertiary/aromatic N) is 4. The van der Waals surface area contributed by atoms with Crippen LogP contribution >= 0.6 is 45.3 Å². The highest BCUT2D eigenvalue weighted by Gasteiger charge is 2.48. The van der Waals surface area contributed by atoms with Crippen LogP contribution in [0.1, 0.15) is 63.9 Å². The molecule has 0 N–H and O–H groups in total. The Balaban J connectivity index is 1.08. The lowest BCUT2D eigenvalue weighted by atomic mass is 9.68. The van der Waals surface area contributed by atoms with Gasteiger partial charge in [-0.15, -0.1) is 45.3 Å². The molecule has 0 unspecified atom stereocenters. The summed E-state index contributed by atoms with van der Waals surface area (Å²) in [5, 5.41) is 39.6. The van der Waals surface area contributed by atoms with Crippen molar-refractivity contribution in [2.75, 3.05) is 0 Å². The van der Waals surface area contributed by atoms with Gasteiger partial charge in [0.2, 0.25) is 0 Å². The fourth-order valence-corrected chi connectivity index (χ4v) is 14.1. The van der Waals surface area contributed by atoms with Crippen LogP contribution in [-0.4, -0.2) is 11.6 Å². The zero-order chi connectivity index (χ0) is 44.4. The number of allylic oxidation sites excluding steroid dienone is 4. The summed E-state index contributed by atoms with van der Waals surface area (Å²) in [6, 6.07) is 55.8. The third-order valence-corrected chi connectivity index (χ3v) is 16.5. The van der Waals surface area contributed by atoms with E-state index in [0.717, 1.165) is 29.9 Å². The number of carbonyl (C=O) groups is 2. The van der Waals surface area contributed by atoms with E-state index < -0.39 is 5.41 Å². The van der Waals surface area contributed by atoms with E-state index in [-0.39, 0.29) is 22.7 Å². The van der Waals surface area contributed by atoms with Crippen LogP contribution in [0.4, 0.5) is 0 Å². The van der Waals surface area contributed by atoms with Crippen molar-refractivity contribution >= 4 is 91.4 Å². The average molecular weight is 903 g/mol. The Labute approximate surface area is 388 Å². The molecule has 0 radical (unpaired) electrons. The van der Waals surface area contributed by atoms with E-state index in [0.29, 0.717) is 53.6 Å². The summed E-state index contributed by atoms with van der Waals surface area (Å²) in [4.78, 5) is 32.1. The van der Waals surface area contributed by atoms with Gasteiger partial charge in [-0.3, -0.25) is 9.59 Å². The molecule has 4 heterocycles. The van der Waals surface area contributed by atoms with E-state index in [1.807, 2.05) is 72.8 Å². The highest BCUT2D eigenvalue weighted by Crippen LogP contribution is 2.61. The average Bonchev–Trinajstić information content (AvgIpc) is 4.23. The third-order valence-electron chi connectivity index (χ3n) is 12.0. The second kappa shape index (κ2) is 15.6. The predicted molar refractivity (Wildman–Crippen MR) is 258 cm³/mol. The predicted octanol–water partition coefficient (Wildman–Crippen LogP) is 9.65.